The van der Waals surface area contributed by atoms with Crippen molar-refractivity contribution in [3.63, 3.8) is 0 Å². The number of fused-ring (bicyclic) bond motifs is 2. The number of thiazole rings is 1. The van der Waals surface area contributed by atoms with Crippen LogP contribution in [0, 0.1) is 11.8 Å². The van der Waals surface area contributed by atoms with Crippen LogP contribution in [-0.4, -0.2) is 52.7 Å². The number of thioether (sulfide) groups is 1. The summed E-state index contributed by atoms with van der Waals surface area (Å²) in [6.07, 6.45) is 3.03. The molecule has 11 heteroatoms. The lowest BCUT2D eigenvalue weighted by Gasteiger charge is -2.46. The molecular weight excluding hydrogens is 452 g/mol. The minimum Gasteiger partial charge on any atom is -0.393 e. The van der Waals surface area contributed by atoms with Gasteiger partial charge in [0.1, 0.15) is 5.70 Å². The summed E-state index contributed by atoms with van der Waals surface area (Å²) in [4.78, 5) is 31.3. The average Bonchev–Trinajstić information content (AvgIpc) is 3.26. The summed E-state index contributed by atoms with van der Waals surface area (Å²) < 4.78 is 10.4. The molecule has 0 spiro atoms. The van der Waals surface area contributed by atoms with Crippen molar-refractivity contribution in [3.05, 3.63) is 47.7 Å². The van der Waals surface area contributed by atoms with Gasteiger partial charge in [-0.15, -0.1) is 11.3 Å². The second kappa shape index (κ2) is 9.24. The fourth-order valence-electron chi connectivity index (χ4n) is 4.11. The van der Waals surface area contributed by atoms with Crippen LogP contribution < -0.4 is 0 Å². The summed E-state index contributed by atoms with van der Waals surface area (Å²) in [6, 6.07) is 7.72. The van der Waals surface area contributed by atoms with E-state index in [0.717, 1.165) is 14.6 Å². The number of β-lactam (4-membered cyclic amide) rings is 1. The Kier molecular flexibility index (Phi) is 6.62. The lowest BCUT2D eigenvalue weighted by molar-refractivity contribution is -0.162. The predicted octanol–water partition coefficient (Wildman–Crippen LogP) is 3.73. The Labute approximate surface area is 191 Å². The highest BCUT2D eigenvalue weighted by Crippen LogP contribution is 2.48. The number of carbonyl (C=O) groups is 2. The first kappa shape index (κ1) is 22.2. The van der Waals surface area contributed by atoms with Gasteiger partial charge in [0.05, 0.1) is 28.3 Å². The Hall–Kier alpha value is -2.00. The van der Waals surface area contributed by atoms with E-state index in [2.05, 4.69) is 9.64 Å². The molecule has 0 aliphatic carbocycles. The van der Waals surface area contributed by atoms with Gasteiger partial charge in [0.2, 0.25) is 14.5 Å². The second-order valence-electron chi connectivity index (χ2n) is 7.29. The lowest BCUT2D eigenvalue weighted by atomic mass is 9.78. The first-order chi connectivity index (χ1) is 14.9. The number of benzene rings is 1. The molecule has 7 nitrogen and oxygen atoms in total. The van der Waals surface area contributed by atoms with Crippen LogP contribution in [-0.2, 0) is 14.1 Å². The molecule has 1 amide bonds. The third-order valence-electron chi connectivity index (χ3n) is 5.46. The van der Waals surface area contributed by atoms with E-state index in [0.29, 0.717) is 11.3 Å². The van der Waals surface area contributed by atoms with Crippen molar-refractivity contribution in [2.45, 2.75) is 30.3 Å². The van der Waals surface area contributed by atoms with Crippen LogP contribution in [0.1, 0.15) is 13.8 Å². The van der Waals surface area contributed by atoms with Gasteiger partial charge in [-0.1, -0.05) is 43.0 Å². The zero-order valence-corrected chi connectivity index (χ0v) is 19.4. The van der Waals surface area contributed by atoms with Gasteiger partial charge < -0.3 is 19.2 Å². The van der Waals surface area contributed by atoms with E-state index in [9.17, 15) is 14.7 Å². The Bertz CT molecular complexity index is 1080. The first-order valence-electron chi connectivity index (χ1n) is 9.65. The normalized spacial score (nSPS) is 24.3. The number of hydrogen-bond donors (Lipinski definition) is 1. The third kappa shape index (κ3) is 4.10. The van der Waals surface area contributed by atoms with Crippen LogP contribution in [0.4, 0.5) is 0 Å². The van der Waals surface area contributed by atoms with Gasteiger partial charge in [-0.3, -0.25) is 4.79 Å². The number of aromatic nitrogens is 1. The summed E-state index contributed by atoms with van der Waals surface area (Å²) in [7, 11) is 5.03. The van der Waals surface area contributed by atoms with Crippen molar-refractivity contribution >= 4 is 61.8 Å². The molecule has 4 rings (SSSR count). The van der Waals surface area contributed by atoms with Gasteiger partial charge in [-0.05, 0) is 24.6 Å². The molecule has 0 saturated carbocycles. The fraction of sp³-hybridized carbons (Fsp3) is 0.350. The van der Waals surface area contributed by atoms with Crippen molar-refractivity contribution in [2.75, 3.05) is 5.75 Å². The fourth-order valence-corrected chi connectivity index (χ4v) is 6.23. The highest BCUT2D eigenvalue weighted by Gasteiger charge is 2.59. The summed E-state index contributed by atoms with van der Waals surface area (Å²) in [5, 5.41) is 10.0. The van der Waals surface area contributed by atoms with Gasteiger partial charge >= 0.3 is 5.97 Å². The number of rotatable bonds is 7. The van der Waals surface area contributed by atoms with E-state index >= 15 is 0 Å². The molecule has 4 atom stereocenters. The molecule has 1 aromatic carbocycles. The number of hydrogen-bond acceptors (Lipinski definition) is 8. The molecule has 31 heavy (non-hydrogen) atoms. The van der Waals surface area contributed by atoms with Crippen LogP contribution in [0.3, 0.4) is 0 Å². The first-order valence-corrected chi connectivity index (χ1v) is 12.2. The van der Waals surface area contributed by atoms with Gasteiger partial charge in [-0.25, -0.2) is 9.78 Å². The molecule has 4 unspecified atom stereocenters. The van der Waals surface area contributed by atoms with Crippen molar-refractivity contribution in [3.8, 4) is 0 Å². The van der Waals surface area contributed by atoms with E-state index in [4.69, 9.17) is 12.5 Å². The predicted molar refractivity (Wildman–Crippen MR) is 123 cm³/mol. The highest BCUT2D eigenvalue weighted by molar-refractivity contribution is 8.01. The van der Waals surface area contributed by atoms with E-state index in [-0.39, 0.29) is 32.2 Å². The molecule has 1 saturated heterocycles. The Morgan fingerprint density at radius 2 is 2.29 bits per heavy atom. The minimum atomic E-state index is -0.788. The van der Waals surface area contributed by atoms with Crippen molar-refractivity contribution < 1.29 is 19.2 Å². The number of carbonyl (C=O) groups excluding carboxylic acids is 2. The summed E-state index contributed by atoms with van der Waals surface area (Å²) in [6.45, 7) is 3.55. The zero-order chi connectivity index (χ0) is 22.1. The van der Waals surface area contributed by atoms with Gasteiger partial charge in [-0.2, -0.15) is 0 Å². The van der Waals surface area contributed by atoms with Crippen LogP contribution in [0.5, 0.6) is 0 Å². The monoisotopic (exact) mass is 471 g/mol. The maximum absolute atomic E-state index is 12.6. The maximum atomic E-state index is 12.6. The molecule has 1 aromatic heterocycles. The number of para-hydroxylation sites is 1. The van der Waals surface area contributed by atoms with E-state index in [1.165, 1.54) is 4.90 Å². The summed E-state index contributed by atoms with van der Waals surface area (Å²) in [5.74, 6) is -0.909. The Morgan fingerprint density at radius 1 is 1.52 bits per heavy atom. The molecule has 3 heterocycles. The summed E-state index contributed by atoms with van der Waals surface area (Å²) in [5.41, 5.74) is 1.90. The lowest BCUT2D eigenvalue weighted by Crippen LogP contribution is -2.63. The maximum Gasteiger partial charge on any atom is 0.364 e. The largest absolute Gasteiger partial charge is 0.393 e. The van der Waals surface area contributed by atoms with Crippen LogP contribution in [0.25, 0.3) is 10.2 Å². The Morgan fingerprint density at radius 3 is 3.00 bits per heavy atom. The third-order valence-corrected chi connectivity index (χ3v) is 7.94. The second-order valence-corrected chi connectivity index (χ2v) is 10.2. The number of aliphatic hydroxyl groups is 1. The molecule has 1 N–H and O–H groups in total. The van der Waals surface area contributed by atoms with Crippen LogP contribution in [0.2, 0.25) is 0 Å². The molecule has 2 aliphatic rings. The Balaban J connectivity index is 1.53. The van der Waals surface area contributed by atoms with E-state index in [1.807, 2.05) is 43.3 Å². The van der Waals surface area contributed by atoms with Crippen molar-refractivity contribution in [2.24, 2.45) is 16.5 Å². The molecule has 0 bridgehead atoms. The standard InChI is InChI=1S/C20H19BN3O4PS2/c1-10-12(6-5-9-30-20-22-13-7-3-4-8-14(13)31-20)17(19(27)28-29-23-21)24-16(10)15(11(2)25)18(24)26/h3-8,10-11,15-16,25H,9H2,1-2H3/b6-5+. The van der Waals surface area contributed by atoms with Crippen LogP contribution in [0.15, 0.2) is 56.7 Å². The molecule has 2 radical (unpaired) electrons. The van der Waals surface area contributed by atoms with Gasteiger partial charge in [0.15, 0.2) is 4.34 Å². The highest BCUT2D eigenvalue weighted by atomic mass is 32.2. The molecule has 158 valence electrons. The topological polar surface area (TPSA) is 92.1 Å². The molecule has 1 fully saturated rings. The number of allylic oxidation sites excluding steroid dienone is 1. The van der Waals surface area contributed by atoms with Crippen molar-refractivity contribution in [1.29, 1.82) is 0 Å². The number of amides is 1. The molecule has 2 aromatic rings. The number of aliphatic hydroxyl groups excluding tert-OH is 1. The SMILES string of the molecule is [B]N=POC(=O)C1=C(/C=C/CSc2nc3ccccc3s2)C(C)C2C(C(C)O)C(=O)N12. The molecule has 2 aliphatic heterocycles. The van der Waals surface area contributed by atoms with Crippen LogP contribution >= 0.6 is 31.7 Å². The quantitative estimate of drug-likeness (QED) is 0.287. The zero-order valence-electron chi connectivity index (χ0n) is 16.8. The van der Waals surface area contributed by atoms with Gasteiger partial charge in [0, 0.05) is 11.7 Å². The smallest absolute Gasteiger partial charge is 0.364 e. The summed E-state index contributed by atoms with van der Waals surface area (Å²) >= 11 is 3.24. The van der Waals surface area contributed by atoms with E-state index < -0.39 is 18.0 Å². The van der Waals surface area contributed by atoms with Crippen molar-refractivity contribution in [1.82, 2.24) is 9.88 Å². The average molecular weight is 471 g/mol. The number of nitrogens with zero attached hydrogens (tertiary/aromatic N) is 3. The minimum absolute atomic E-state index is 0.0340. The van der Waals surface area contributed by atoms with Gasteiger partial charge in [0.25, 0.3) is 7.98 Å². The van der Waals surface area contributed by atoms with E-state index in [1.54, 1.807) is 30.0 Å². The molecular formula is C20H19BN3O4PS2.